The molecule has 52 valence electrons. The Morgan fingerprint density at radius 1 is 1.25 bits per heavy atom. The lowest BCUT2D eigenvalue weighted by Crippen LogP contribution is -1.66. The van der Waals surface area contributed by atoms with E-state index in [1.807, 2.05) is 0 Å². The van der Waals surface area contributed by atoms with Crippen molar-refractivity contribution < 1.29 is 9.79 Å². The maximum absolute atomic E-state index is 7.53. The Kier molecular flexibility index (Phi) is 10.8. The molecule has 0 amide bonds. The van der Waals surface area contributed by atoms with E-state index in [9.17, 15) is 0 Å². The third kappa shape index (κ3) is 627. The van der Waals surface area contributed by atoms with Gasteiger partial charge < -0.3 is 9.79 Å². The Morgan fingerprint density at radius 3 is 1.25 bits per heavy atom. The van der Waals surface area contributed by atoms with E-state index in [1.165, 1.54) is 0 Å². The Hall–Kier alpha value is 0.570. The van der Waals surface area contributed by atoms with Crippen molar-refractivity contribution >= 4 is 19.0 Å². The van der Waals surface area contributed by atoms with Gasteiger partial charge in [0, 0.05) is 0 Å². The average Bonchev–Trinajstić information content (AvgIpc) is 1.25. The highest BCUT2D eigenvalue weighted by atomic mass is 32.4. The van der Waals surface area contributed by atoms with Crippen LogP contribution < -0.4 is 0 Å². The van der Waals surface area contributed by atoms with Crippen LogP contribution in [0.2, 0.25) is 0 Å². The van der Waals surface area contributed by atoms with Crippen LogP contribution in [0.25, 0.3) is 0 Å². The highest BCUT2D eigenvalue weighted by Gasteiger charge is 1.68. The zero-order valence-corrected chi connectivity index (χ0v) is 7.20. The minimum absolute atomic E-state index is 0.833. The highest BCUT2D eigenvalue weighted by Crippen LogP contribution is 1.99. The highest BCUT2D eigenvalue weighted by molar-refractivity contribution is 7.99. The van der Waals surface area contributed by atoms with Crippen LogP contribution in [0, 0.1) is 5.92 Å². The SMILES string of the molecule is CC(C)C.O[PH](O)=S. The van der Waals surface area contributed by atoms with Crippen LogP contribution in [0.3, 0.4) is 0 Å². The molecule has 0 atom stereocenters. The summed E-state index contributed by atoms with van der Waals surface area (Å²) in [5.74, 6) is 0.833. The first-order valence-corrected chi connectivity index (χ1v) is 4.91. The van der Waals surface area contributed by atoms with E-state index in [2.05, 4.69) is 32.6 Å². The van der Waals surface area contributed by atoms with Crippen LogP contribution in [-0.4, -0.2) is 9.79 Å². The van der Waals surface area contributed by atoms with Gasteiger partial charge in [-0.1, -0.05) is 20.8 Å². The topological polar surface area (TPSA) is 40.5 Å². The third-order valence-electron chi connectivity index (χ3n) is 0. The second-order valence-electron chi connectivity index (χ2n) is 2.01. The molecule has 0 aliphatic heterocycles. The van der Waals surface area contributed by atoms with Gasteiger partial charge in [0.1, 0.15) is 0 Å². The van der Waals surface area contributed by atoms with Gasteiger partial charge in [0.15, 0.2) is 7.15 Å². The molecule has 8 heavy (non-hydrogen) atoms. The molecule has 0 rings (SSSR count). The lowest BCUT2D eigenvalue weighted by molar-refractivity contribution is 0.509. The van der Waals surface area contributed by atoms with Crippen molar-refractivity contribution in [1.82, 2.24) is 0 Å². The molecular formula is C4H13O2PS. The molecule has 0 radical (unpaired) electrons. The molecule has 0 spiro atoms. The van der Waals surface area contributed by atoms with Crippen molar-refractivity contribution in [3.63, 3.8) is 0 Å². The van der Waals surface area contributed by atoms with Gasteiger partial charge in [-0.25, -0.2) is 0 Å². The van der Waals surface area contributed by atoms with E-state index in [0.717, 1.165) is 5.92 Å². The molecule has 0 aliphatic rings. The summed E-state index contributed by atoms with van der Waals surface area (Å²) in [5, 5.41) is 0. The molecular weight excluding hydrogens is 143 g/mol. The minimum atomic E-state index is -2.30. The van der Waals surface area contributed by atoms with Crippen LogP contribution in [0.5, 0.6) is 0 Å². The Bertz CT molecular complexity index is 58.3. The first-order chi connectivity index (χ1) is 3.46. The van der Waals surface area contributed by atoms with E-state index in [1.54, 1.807) is 0 Å². The van der Waals surface area contributed by atoms with E-state index in [4.69, 9.17) is 9.79 Å². The second kappa shape index (κ2) is 7.57. The Labute approximate surface area is 56.1 Å². The molecule has 0 saturated heterocycles. The monoisotopic (exact) mass is 156 g/mol. The van der Waals surface area contributed by atoms with Crippen molar-refractivity contribution in [2.75, 3.05) is 0 Å². The summed E-state index contributed by atoms with van der Waals surface area (Å²) in [6.07, 6.45) is 0. The Balaban J connectivity index is 0. The van der Waals surface area contributed by atoms with Crippen LogP contribution in [0.15, 0.2) is 0 Å². The maximum Gasteiger partial charge on any atom is 0.170 e. The fraction of sp³-hybridized carbons (Fsp3) is 1.00. The summed E-state index contributed by atoms with van der Waals surface area (Å²) in [6.45, 7) is 6.50. The van der Waals surface area contributed by atoms with Crippen molar-refractivity contribution in [1.29, 1.82) is 0 Å². The summed E-state index contributed by atoms with van der Waals surface area (Å²) < 4.78 is 0. The van der Waals surface area contributed by atoms with Crippen molar-refractivity contribution in [2.45, 2.75) is 20.8 Å². The van der Waals surface area contributed by atoms with Gasteiger partial charge in [0.2, 0.25) is 0 Å². The minimum Gasteiger partial charge on any atom is -0.347 e. The smallest absolute Gasteiger partial charge is 0.170 e. The quantitative estimate of drug-likeness (QED) is 0.517. The standard InChI is InChI=1S/C4H10.H3O2PS/c1-4(2)3;1-3(2)4/h4H,1-3H3;3H,(H2,1,2,4). The largest absolute Gasteiger partial charge is 0.347 e. The van der Waals surface area contributed by atoms with Gasteiger partial charge in [-0.05, 0) is 17.7 Å². The molecule has 0 aliphatic carbocycles. The summed E-state index contributed by atoms with van der Waals surface area (Å²) in [6, 6.07) is 0. The van der Waals surface area contributed by atoms with E-state index in [-0.39, 0.29) is 0 Å². The predicted molar refractivity (Wildman–Crippen MR) is 40.6 cm³/mol. The third-order valence-corrected chi connectivity index (χ3v) is 0. The maximum atomic E-state index is 7.53. The fourth-order valence-corrected chi connectivity index (χ4v) is 0. The van der Waals surface area contributed by atoms with Gasteiger partial charge in [-0.15, -0.1) is 0 Å². The molecule has 0 aromatic heterocycles. The number of hydrogen-bond donors (Lipinski definition) is 2. The van der Waals surface area contributed by atoms with Crippen LogP contribution in [0.4, 0.5) is 0 Å². The zero-order chi connectivity index (χ0) is 7.15. The van der Waals surface area contributed by atoms with Gasteiger partial charge in [-0.2, -0.15) is 0 Å². The first kappa shape index (κ1) is 11.4. The number of rotatable bonds is 0. The van der Waals surface area contributed by atoms with Gasteiger partial charge in [0.05, 0.1) is 0 Å². The summed E-state index contributed by atoms with van der Waals surface area (Å²) >= 11 is 3.83. The van der Waals surface area contributed by atoms with Crippen LogP contribution >= 0.6 is 7.15 Å². The molecule has 0 aromatic rings. The van der Waals surface area contributed by atoms with E-state index < -0.39 is 7.15 Å². The van der Waals surface area contributed by atoms with Crippen LogP contribution in [-0.2, 0) is 11.8 Å². The molecule has 0 fully saturated rings. The molecule has 0 heterocycles. The molecule has 4 heteroatoms. The molecule has 2 N–H and O–H groups in total. The van der Waals surface area contributed by atoms with E-state index in [0.29, 0.717) is 0 Å². The lowest BCUT2D eigenvalue weighted by Gasteiger charge is -1.79. The van der Waals surface area contributed by atoms with Crippen molar-refractivity contribution in [2.24, 2.45) is 5.92 Å². The molecule has 2 nitrogen and oxygen atoms in total. The van der Waals surface area contributed by atoms with Crippen molar-refractivity contribution in [3.8, 4) is 0 Å². The summed E-state index contributed by atoms with van der Waals surface area (Å²) in [5.41, 5.74) is 0. The van der Waals surface area contributed by atoms with Crippen LogP contribution in [0.1, 0.15) is 20.8 Å². The predicted octanol–water partition coefficient (Wildman–Crippen LogP) is 1.14. The second-order valence-corrected chi connectivity index (χ2v) is 3.68. The van der Waals surface area contributed by atoms with Crippen molar-refractivity contribution in [3.05, 3.63) is 0 Å². The Morgan fingerprint density at radius 2 is 1.25 bits per heavy atom. The molecule has 0 unspecified atom stereocenters. The first-order valence-electron chi connectivity index (χ1n) is 2.38. The summed E-state index contributed by atoms with van der Waals surface area (Å²) in [4.78, 5) is 15.1. The molecule has 0 aromatic carbocycles. The molecule has 0 bridgehead atoms. The zero-order valence-electron chi connectivity index (χ0n) is 5.38. The normalized spacial score (nSPS) is 8.88. The van der Waals surface area contributed by atoms with Gasteiger partial charge >= 0.3 is 0 Å². The fourth-order valence-electron chi connectivity index (χ4n) is 0. The lowest BCUT2D eigenvalue weighted by atomic mass is 10.3. The van der Waals surface area contributed by atoms with E-state index >= 15 is 0 Å². The number of hydrogen-bond acceptors (Lipinski definition) is 1. The van der Waals surface area contributed by atoms with Gasteiger partial charge in [-0.3, -0.25) is 0 Å². The molecule has 0 saturated carbocycles. The average molecular weight is 156 g/mol. The van der Waals surface area contributed by atoms with Gasteiger partial charge in [0.25, 0.3) is 0 Å². The summed E-state index contributed by atoms with van der Waals surface area (Å²) in [7, 11) is -2.30.